The van der Waals surface area contributed by atoms with Crippen LogP contribution >= 0.6 is 11.3 Å². The van der Waals surface area contributed by atoms with E-state index in [1.54, 1.807) is 17.4 Å². The van der Waals surface area contributed by atoms with Gasteiger partial charge < -0.3 is 10.1 Å². The lowest BCUT2D eigenvalue weighted by Gasteiger charge is -2.17. The van der Waals surface area contributed by atoms with Gasteiger partial charge in [-0.3, -0.25) is 0 Å². The van der Waals surface area contributed by atoms with Crippen molar-refractivity contribution >= 4 is 21.4 Å². The van der Waals surface area contributed by atoms with Gasteiger partial charge in [-0.2, -0.15) is 0 Å². The Kier molecular flexibility index (Phi) is 3.53. The van der Waals surface area contributed by atoms with Gasteiger partial charge in [0, 0.05) is 16.0 Å². The minimum atomic E-state index is -0.187. The molecule has 1 unspecified atom stereocenters. The van der Waals surface area contributed by atoms with Crippen molar-refractivity contribution in [3.63, 3.8) is 0 Å². The molecule has 19 heavy (non-hydrogen) atoms. The number of likely N-dealkylation sites (N-methyl/N-ethyl adjacent to an activating group) is 1. The van der Waals surface area contributed by atoms with Crippen LogP contribution in [0.5, 0.6) is 0 Å². The molecule has 0 amide bonds. The van der Waals surface area contributed by atoms with Crippen molar-refractivity contribution in [2.75, 3.05) is 13.2 Å². The van der Waals surface area contributed by atoms with Crippen molar-refractivity contribution in [3.8, 4) is 0 Å². The highest BCUT2D eigenvalue weighted by molar-refractivity contribution is 7.19. The summed E-state index contributed by atoms with van der Waals surface area (Å²) in [5.74, 6) is 0.807. The van der Waals surface area contributed by atoms with Gasteiger partial charge in [0.1, 0.15) is 11.6 Å². The number of nitrogens with one attached hydrogen (secondary N) is 1. The zero-order valence-electron chi connectivity index (χ0n) is 10.8. The van der Waals surface area contributed by atoms with E-state index in [9.17, 15) is 4.39 Å². The van der Waals surface area contributed by atoms with Crippen LogP contribution in [0.2, 0.25) is 0 Å². The first-order chi connectivity index (χ1) is 9.28. The number of hydrogen-bond acceptors (Lipinski definition) is 3. The monoisotopic (exact) mass is 277 g/mol. The zero-order valence-corrected chi connectivity index (χ0v) is 11.6. The summed E-state index contributed by atoms with van der Waals surface area (Å²) in [7, 11) is 0. The zero-order chi connectivity index (χ0) is 13.2. The van der Waals surface area contributed by atoms with Gasteiger partial charge in [0.05, 0.1) is 12.6 Å². The largest absolute Gasteiger partial charge is 0.496 e. The van der Waals surface area contributed by atoms with Crippen LogP contribution < -0.4 is 5.32 Å². The number of thiophene rings is 1. The predicted molar refractivity (Wildman–Crippen MR) is 76.9 cm³/mol. The van der Waals surface area contributed by atoms with Crippen molar-refractivity contribution in [1.29, 1.82) is 0 Å². The highest BCUT2D eigenvalue weighted by atomic mass is 32.1. The molecule has 0 aliphatic carbocycles. The number of ether oxygens (including phenoxy) is 1. The third kappa shape index (κ3) is 2.51. The van der Waals surface area contributed by atoms with E-state index in [0.29, 0.717) is 0 Å². The van der Waals surface area contributed by atoms with E-state index in [1.165, 1.54) is 10.9 Å². The minimum absolute atomic E-state index is 0.0907. The first kappa shape index (κ1) is 12.6. The standard InChI is InChI=1S/C15H16FNOS/c1-2-17-15(12-4-3-7-18-12)14-9-10-8-11(16)5-6-13(10)19-14/h4-6,8-9,15,17H,2-3,7H2,1H3. The molecule has 100 valence electrons. The maximum Gasteiger partial charge on any atom is 0.123 e. The van der Waals surface area contributed by atoms with Gasteiger partial charge in [0.15, 0.2) is 0 Å². The summed E-state index contributed by atoms with van der Waals surface area (Å²) in [6.07, 6.45) is 3.11. The Morgan fingerprint density at radius 3 is 3.05 bits per heavy atom. The Morgan fingerprint density at radius 1 is 1.42 bits per heavy atom. The van der Waals surface area contributed by atoms with Gasteiger partial charge in [-0.05, 0) is 42.3 Å². The molecular formula is C15H16FNOS. The lowest BCUT2D eigenvalue weighted by molar-refractivity contribution is 0.217. The molecule has 0 saturated carbocycles. The molecule has 4 heteroatoms. The molecule has 2 aromatic rings. The Bertz CT molecular complexity index is 620. The van der Waals surface area contributed by atoms with Gasteiger partial charge in [0.2, 0.25) is 0 Å². The number of fused-ring (bicyclic) bond motifs is 1. The topological polar surface area (TPSA) is 21.3 Å². The fraction of sp³-hybridized carbons (Fsp3) is 0.333. The number of halogens is 1. The van der Waals surface area contributed by atoms with Crippen LogP contribution in [0.1, 0.15) is 24.3 Å². The summed E-state index contributed by atoms with van der Waals surface area (Å²) < 4.78 is 20.0. The van der Waals surface area contributed by atoms with Gasteiger partial charge in [-0.25, -0.2) is 4.39 Å². The van der Waals surface area contributed by atoms with Crippen LogP contribution in [0.15, 0.2) is 36.1 Å². The van der Waals surface area contributed by atoms with E-state index >= 15 is 0 Å². The van der Waals surface area contributed by atoms with Crippen molar-refractivity contribution < 1.29 is 9.13 Å². The predicted octanol–water partition coefficient (Wildman–Crippen LogP) is 4.00. The minimum Gasteiger partial charge on any atom is -0.496 e. The van der Waals surface area contributed by atoms with Crippen LogP contribution in [0.3, 0.4) is 0 Å². The third-order valence-corrected chi connectivity index (χ3v) is 4.39. The number of hydrogen-bond donors (Lipinski definition) is 1. The second kappa shape index (κ2) is 5.31. The maximum absolute atomic E-state index is 13.2. The Morgan fingerprint density at radius 2 is 2.32 bits per heavy atom. The molecular weight excluding hydrogens is 261 g/mol. The molecule has 1 aliphatic heterocycles. The quantitative estimate of drug-likeness (QED) is 0.912. The van der Waals surface area contributed by atoms with E-state index in [2.05, 4.69) is 24.4 Å². The SMILES string of the molecule is CCNC(C1=CCCO1)c1cc2cc(F)ccc2s1. The molecule has 0 fully saturated rings. The van der Waals surface area contributed by atoms with E-state index in [4.69, 9.17) is 4.74 Å². The summed E-state index contributed by atoms with van der Waals surface area (Å²) in [4.78, 5) is 1.18. The van der Waals surface area contributed by atoms with Crippen LogP contribution in [0.25, 0.3) is 10.1 Å². The molecule has 2 heterocycles. The molecule has 3 rings (SSSR count). The Labute approximate surface area is 115 Å². The van der Waals surface area contributed by atoms with Gasteiger partial charge in [0.25, 0.3) is 0 Å². The molecule has 1 aromatic carbocycles. The van der Waals surface area contributed by atoms with Gasteiger partial charge >= 0.3 is 0 Å². The van der Waals surface area contributed by atoms with Crippen LogP contribution in [0, 0.1) is 5.82 Å². The van der Waals surface area contributed by atoms with Crippen LogP contribution in [0.4, 0.5) is 4.39 Å². The maximum atomic E-state index is 13.2. The Balaban J connectivity index is 1.99. The smallest absolute Gasteiger partial charge is 0.123 e. The molecule has 1 aromatic heterocycles. The molecule has 0 saturated heterocycles. The lowest BCUT2D eigenvalue weighted by atomic mass is 10.1. The highest BCUT2D eigenvalue weighted by Crippen LogP contribution is 2.35. The van der Waals surface area contributed by atoms with Crippen LogP contribution in [-0.4, -0.2) is 13.2 Å². The van der Waals surface area contributed by atoms with Gasteiger partial charge in [-0.15, -0.1) is 11.3 Å². The summed E-state index contributed by atoms with van der Waals surface area (Å²) in [6.45, 7) is 3.71. The lowest BCUT2D eigenvalue weighted by Crippen LogP contribution is -2.22. The van der Waals surface area contributed by atoms with Crippen molar-refractivity contribution in [2.24, 2.45) is 0 Å². The molecule has 0 radical (unpaired) electrons. The summed E-state index contributed by atoms with van der Waals surface area (Å²) >= 11 is 1.69. The molecule has 2 nitrogen and oxygen atoms in total. The average Bonchev–Trinajstić information content (AvgIpc) is 3.04. The van der Waals surface area contributed by atoms with Crippen molar-refractivity contribution in [1.82, 2.24) is 5.32 Å². The second-order valence-corrected chi connectivity index (χ2v) is 5.68. The second-order valence-electron chi connectivity index (χ2n) is 4.57. The fourth-order valence-electron chi connectivity index (χ4n) is 2.36. The van der Waals surface area contributed by atoms with E-state index in [0.717, 1.165) is 35.4 Å². The summed E-state index contributed by atoms with van der Waals surface area (Å²) in [5, 5.41) is 4.40. The first-order valence-corrected chi connectivity index (χ1v) is 7.35. The fourth-order valence-corrected chi connectivity index (χ4v) is 3.49. The molecule has 1 aliphatic rings. The number of benzene rings is 1. The van der Waals surface area contributed by atoms with E-state index in [1.807, 2.05) is 6.07 Å². The first-order valence-electron chi connectivity index (χ1n) is 6.53. The molecule has 1 N–H and O–H groups in total. The Hall–Kier alpha value is -1.39. The van der Waals surface area contributed by atoms with Crippen molar-refractivity contribution in [2.45, 2.75) is 19.4 Å². The summed E-state index contributed by atoms with van der Waals surface area (Å²) in [6, 6.07) is 7.08. The van der Waals surface area contributed by atoms with Gasteiger partial charge in [-0.1, -0.05) is 6.92 Å². The number of rotatable bonds is 4. The normalized spacial score (nSPS) is 16.4. The summed E-state index contributed by atoms with van der Waals surface area (Å²) in [5.41, 5.74) is 0. The van der Waals surface area contributed by atoms with Crippen molar-refractivity contribution in [3.05, 3.63) is 46.8 Å². The molecule has 0 spiro atoms. The average molecular weight is 277 g/mol. The van der Waals surface area contributed by atoms with E-state index < -0.39 is 0 Å². The molecule has 0 bridgehead atoms. The van der Waals surface area contributed by atoms with Crippen LogP contribution in [-0.2, 0) is 4.74 Å². The highest BCUT2D eigenvalue weighted by Gasteiger charge is 2.21. The third-order valence-electron chi connectivity index (χ3n) is 3.21. The molecule has 1 atom stereocenters. The van der Waals surface area contributed by atoms with E-state index in [-0.39, 0.29) is 11.9 Å².